The van der Waals surface area contributed by atoms with E-state index in [1.807, 2.05) is 6.07 Å². The normalized spacial score (nSPS) is 22.3. The van der Waals surface area contributed by atoms with Crippen molar-refractivity contribution in [2.75, 3.05) is 18.0 Å². The molecule has 0 unspecified atom stereocenters. The summed E-state index contributed by atoms with van der Waals surface area (Å²) in [5.41, 5.74) is 6.80. The van der Waals surface area contributed by atoms with Crippen molar-refractivity contribution in [1.29, 1.82) is 0 Å². The fourth-order valence-corrected chi connectivity index (χ4v) is 1.68. The summed E-state index contributed by atoms with van der Waals surface area (Å²) in [7, 11) is 0. The number of nitrogens with two attached hydrogens (primary N) is 1. The van der Waals surface area contributed by atoms with Crippen molar-refractivity contribution in [3.8, 4) is 0 Å². The Morgan fingerprint density at radius 2 is 2.46 bits per heavy atom. The van der Waals surface area contributed by atoms with Gasteiger partial charge in [0.15, 0.2) is 5.15 Å². The highest BCUT2D eigenvalue weighted by atomic mass is 35.5. The molecule has 0 aromatic carbocycles. The zero-order valence-electron chi connectivity index (χ0n) is 7.15. The van der Waals surface area contributed by atoms with Gasteiger partial charge in [-0.1, -0.05) is 11.6 Å². The van der Waals surface area contributed by atoms with E-state index in [0.29, 0.717) is 5.15 Å². The standard InChI is InChI=1S/C8H11ClN4/c9-8-3-7(4-11-12-8)13-2-1-6(10)5-13/h3-4,6H,1-2,5,10H2/t6-/m1/s1. The maximum Gasteiger partial charge on any atom is 0.153 e. The molecule has 2 N–H and O–H groups in total. The van der Waals surface area contributed by atoms with E-state index < -0.39 is 0 Å². The molecule has 1 aliphatic rings. The van der Waals surface area contributed by atoms with Crippen LogP contribution in [0.4, 0.5) is 5.69 Å². The lowest BCUT2D eigenvalue weighted by atomic mass is 10.3. The quantitative estimate of drug-likeness (QED) is 0.721. The van der Waals surface area contributed by atoms with E-state index in [4.69, 9.17) is 17.3 Å². The lowest BCUT2D eigenvalue weighted by molar-refractivity contribution is 0.752. The van der Waals surface area contributed by atoms with Crippen molar-refractivity contribution < 1.29 is 0 Å². The van der Waals surface area contributed by atoms with Crippen molar-refractivity contribution in [1.82, 2.24) is 10.2 Å². The molecule has 1 saturated heterocycles. The highest BCUT2D eigenvalue weighted by Crippen LogP contribution is 2.20. The first-order chi connectivity index (χ1) is 6.25. The van der Waals surface area contributed by atoms with E-state index in [9.17, 15) is 0 Å². The van der Waals surface area contributed by atoms with Crippen molar-refractivity contribution in [2.45, 2.75) is 12.5 Å². The zero-order chi connectivity index (χ0) is 9.26. The Hall–Kier alpha value is -0.870. The molecule has 1 aromatic heterocycles. The second-order valence-electron chi connectivity index (χ2n) is 3.23. The van der Waals surface area contributed by atoms with Gasteiger partial charge in [0.05, 0.1) is 11.9 Å². The highest BCUT2D eigenvalue weighted by molar-refractivity contribution is 6.29. The van der Waals surface area contributed by atoms with E-state index in [-0.39, 0.29) is 6.04 Å². The van der Waals surface area contributed by atoms with Gasteiger partial charge in [-0.25, -0.2) is 0 Å². The third kappa shape index (κ3) is 1.89. The van der Waals surface area contributed by atoms with Crippen molar-refractivity contribution >= 4 is 17.3 Å². The number of aromatic nitrogens is 2. The Kier molecular flexibility index (Phi) is 2.33. The molecule has 4 nitrogen and oxygen atoms in total. The molecule has 0 amide bonds. The second-order valence-corrected chi connectivity index (χ2v) is 3.62. The minimum absolute atomic E-state index is 0.270. The van der Waals surface area contributed by atoms with Crippen molar-refractivity contribution in [2.24, 2.45) is 5.73 Å². The Morgan fingerprint density at radius 1 is 1.62 bits per heavy atom. The van der Waals surface area contributed by atoms with Crippen LogP contribution in [0.2, 0.25) is 5.15 Å². The largest absolute Gasteiger partial charge is 0.369 e. The molecule has 70 valence electrons. The Bertz CT molecular complexity index is 304. The third-order valence-electron chi connectivity index (χ3n) is 2.20. The summed E-state index contributed by atoms with van der Waals surface area (Å²) in [6, 6.07) is 2.08. The van der Waals surface area contributed by atoms with Gasteiger partial charge < -0.3 is 10.6 Å². The third-order valence-corrected chi connectivity index (χ3v) is 2.38. The summed E-state index contributed by atoms with van der Waals surface area (Å²) < 4.78 is 0. The van der Waals surface area contributed by atoms with Gasteiger partial charge in [0.25, 0.3) is 0 Å². The van der Waals surface area contributed by atoms with E-state index >= 15 is 0 Å². The van der Waals surface area contributed by atoms with Crippen molar-refractivity contribution in [3.63, 3.8) is 0 Å². The molecule has 2 heterocycles. The van der Waals surface area contributed by atoms with Crippen LogP contribution in [0.25, 0.3) is 0 Å². The van der Waals surface area contributed by atoms with Crippen LogP contribution in [0, 0.1) is 0 Å². The predicted molar refractivity (Wildman–Crippen MR) is 51.8 cm³/mol. The second kappa shape index (κ2) is 3.47. The van der Waals surface area contributed by atoms with Crippen molar-refractivity contribution in [3.05, 3.63) is 17.4 Å². The first-order valence-corrected chi connectivity index (χ1v) is 4.62. The average molecular weight is 199 g/mol. The molecular formula is C8H11ClN4. The fraction of sp³-hybridized carbons (Fsp3) is 0.500. The Morgan fingerprint density at radius 3 is 3.08 bits per heavy atom. The molecule has 1 aromatic rings. The van der Waals surface area contributed by atoms with Crippen LogP contribution in [-0.4, -0.2) is 29.3 Å². The van der Waals surface area contributed by atoms with E-state index in [1.54, 1.807) is 6.20 Å². The van der Waals surface area contributed by atoms with E-state index in [2.05, 4.69) is 15.1 Å². The molecule has 0 bridgehead atoms. The molecule has 2 rings (SSSR count). The molecular weight excluding hydrogens is 188 g/mol. The summed E-state index contributed by atoms with van der Waals surface area (Å²) in [6.45, 7) is 1.85. The summed E-state index contributed by atoms with van der Waals surface area (Å²) in [6.07, 6.45) is 2.74. The van der Waals surface area contributed by atoms with Crippen LogP contribution in [0.5, 0.6) is 0 Å². The average Bonchev–Trinajstić information content (AvgIpc) is 2.52. The predicted octanol–water partition coefficient (Wildman–Crippen LogP) is 0.667. The SMILES string of the molecule is N[C@@H]1CCN(c2cnnc(Cl)c2)C1. The van der Waals surface area contributed by atoms with Crippen LogP contribution < -0.4 is 10.6 Å². The van der Waals surface area contributed by atoms with Gasteiger partial charge in [-0.3, -0.25) is 0 Å². The first-order valence-electron chi connectivity index (χ1n) is 4.24. The zero-order valence-corrected chi connectivity index (χ0v) is 7.91. The summed E-state index contributed by atoms with van der Waals surface area (Å²) in [5.74, 6) is 0. The van der Waals surface area contributed by atoms with Gasteiger partial charge in [0.1, 0.15) is 0 Å². The Balaban J connectivity index is 2.16. The molecule has 0 saturated carbocycles. The molecule has 0 radical (unpaired) electrons. The maximum atomic E-state index is 5.79. The summed E-state index contributed by atoms with van der Waals surface area (Å²) in [5, 5.41) is 7.91. The lowest BCUT2D eigenvalue weighted by Gasteiger charge is -2.16. The molecule has 1 aliphatic heterocycles. The van der Waals surface area contributed by atoms with Crippen LogP contribution in [0.3, 0.4) is 0 Å². The van der Waals surface area contributed by atoms with E-state index in [0.717, 1.165) is 25.2 Å². The monoisotopic (exact) mass is 198 g/mol. The number of nitrogens with zero attached hydrogens (tertiary/aromatic N) is 3. The van der Waals surface area contributed by atoms with Crippen LogP contribution in [0.15, 0.2) is 12.3 Å². The molecule has 13 heavy (non-hydrogen) atoms. The van der Waals surface area contributed by atoms with Gasteiger partial charge in [0, 0.05) is 25.2 Å². The smallest absolute Gasteiger partial charge is 0.153 e. The van der Waals surface area contributed by atoms with Gasteiger partial charge in [-0.2, -0.15) is 5.10 Å². The molecule has 1 fully saturated rings. The lowest BCUT2D eigenvalue weighted by Crippen LogP contribution is -2.26. The van der Waals surface area contributed by atoms with Crippen LogP contribution in [0.1, 0.15) is 6.42 Å². The first kappa shape index (κ1) is 8.72. The van der Waals surface area contributed by atoms with Gasteiger partial charge in [-0.15, -0.1) is 5.10 Å². The van der Waals surface area contributed by atoms with Gasteiger partial charge in [0.2, 0.25) is 0 Å². The highest BCUT2D eigenvalue weighted by Gasteiger charge is 2.19. The minimum Gasteiger partial charge on any atom is -0.369 e. The van der Waals surface area contributed by atoms with Crippen LogP contribution in [-0.2, 0) is 0 Å². The summed E-state index contributed by atoms with van der Waals surface area (Å²) >= 11 is 5.73. The van der Waals surface area contributed by atoms with Gasteiger partial charge in [-0.05, 0) is 6.42 Å². The topological polar surface area (TPSA) is 55.0 Å². The molecule has 0 aliphatic carbocycles. The molecule has 5 heteroatoms. The van der Waals surface area contributed by atoms with E-state index in [1.165, 1.54) is 0 Å². The molecule has 0 spiro atoms. The number of halogens is 1. The summed E-state index contributed by atoms with van der Waals surface area (Å²) in [4.78, 5) is 2.17. The fourth-order valence-electron chi connectivity index (χ4n) is 1.53. The number of hydrogen-bond donors (Lipinski definition) is 1. The van der Waals surface area contributed by atoms with Crippen LogP contribution >= 0.6 is 11.6 Å². The van der Waals surface area contributed by atoms with Gasteiger partial charge >= 0.3 is 0 Å². The molecule has 1 atom stereocenters. The Labute approximate surface area is 81.7 Å². The maximum absolute atomic E-state index is 5.79. The number of anilines is 1. The minimum atomic E-state index is 0.270. The number of hydrogen-bond acceptors (Lipinski definition) is 4. The number of rotatable bonds is 1.